The number of benzene rings is 3. The predicted molar refractivity (Wildman–Crippen MR) is 154 cm³/mol. The summed E-state index contributed by atoms with van der Waals surface area (Å²) in [7, 11) is -4.38. The predicted octanol–water partition coefficient (Wildman–Crippen LogP) is 5.83. The second kappa shape index (κ2) is 13.0. The molecule has 0 bridgehead atoms. The van der Waals surface area contributed by atoms with Crippen molar-refractivity contribution in [3.8, 4) is 0 Å². The van der Waals surface area contributed by atoms with Crippen molar-refractivity contribution in [2.24, 2.45) is 5.10 Å². The van der Waals surface area contributed by atoms with Crippen LogP contribution in [0.4, 0.5) is 17.1 Å². The lowest BCUT2D eigenvalue weighted by Gasteiger charge is -2.12. The fourth-order valence-electron chi connectivity index (χ4n) is 3.95. The van der Waals surface area contributed by atoms with Crippen molar-refractivity contribution in [2.45, 2.75) is 51.3 Å². The van der Waals surface area contributed by atoms with Gasteiger partial charge in [0.25, 0.3) is 16.0 Å². The smallest absolute Gasteiger partial charge is 0.294 e. The van der Waals surface area contributed by atoms with Crippen LogP contribution in [0.1, 0.15) is 44.7 Å². The van der Waals surface area contributed by atoms with Crippen LogP contribution < -0.4 is 16.1 Å². The molecule has 1 heterocycles. The van der Waals surface area contributed by atoms with Crippen molar-refractivity contribution in [1.29, 1.82) is 0 Å². The minimum absolute atomic E-state index is 0.274. The molecule has 1 aliphatic heterocycles. The summed E-state index contributed by atoms with van der Waals surface area (Å²) in [5, 5.41) is 8.78. The molecule has 0 radical (unpaired) electrons. The lowest BCUT2D eigenvalue weighted by Crippen LogP contribution is -2.22. The number of nitrogens with one attached hydrogen (secondary N) is 1. The molecule has 200 valence electrons. The van der Waals surface area contributed by atoms with Crippen LogP contribution in [-0.4, -0.2) is 24.6 Å². The first-order valence-corrected chi connectivity index (χ1v) is 14.0. The standard InChI is InChI=1S/C21H23N3O4S.C8H11N/c1-3-8-20-18(14-22-19-12-6-5-9-15(19)4-2)21(25)24(23-20)16-10-7-11-17(13-16)29(26,27)28;1-2-7-5-3-4-6-8(7)9/h5-7,9-14,22H,3-4,8H2,1-2H3,(H,26,27,28);3-6H,2,9H2,1H3/b18-14+;. The van der Waals surface area contributed by atoms with E-state index in [0.717, 1.165) is 36.2 Å². The van der Waals surface area contributed by atoms with E-state index in [4.69, 9.17) is 5.73 Å². The zero-order chi connectivity index (χ0) is 27.7. The highest BCUT2D eigenvalue weighted by Gasteiger charge is 2.31. The summed E-state index contributed by atoms with van der Waals surface area (Å²) in [6.45, 7) is 6.15. The molecule has 3 aromatic carbocycles. The fraction of sp³-hybridized carbons (Fsp3) is 0.241. The number of rotatable bonds is 8. The topological polar surface area (TPSA) is 125 Å². The van der Waals surface area contributed by atoms with Gasteiger partial charge in [0, 0.05) is 17.6 Å². The number of amides is 1. The van der Waals surface area contributed by atoms with Gasteiger partial charge in [-0.05, 0) is 60.7 Å². The zero-order valence-corrected chi connectivity index (χ0v) is 22.7. The number of carbonyl (C=O) groups excluding carboxylic acids is 1. The highest BCUT2D eigenvalue weighted by atomic mass is 32.2. The van der Waals surface area contributed by atoms with Gasteiger partial charge in [0.05, 0.1) is 21.9 Å². The molecule has 1 aliphatic rings. The number of hydrogen-bond acceptors (Lipinski definition) is 6. The Balaban J connectivity index is 0.000000375. The van der Waals surface area contributed by atoms with E-state index in [9.17, 15) is 17.8 Å². The molecule has 0 saturated carbocycles. The molecule has 4 rings (SSSR count). The summed E-state index contributed by atoms with van der Waals surface area (Å²) in [6.07, 6.45) is 4.92. The summed E-state index contributed by atoms with van der Waals surface area (Å²) in [4.78, 5) is 12.7. The van der Waals surface area contributed by atoms with Crippen LogP contribution in [0, 0.1) is 0 Å². The molecule has 0 fully saturated rings. The van der Waals surface area contributed by atoms with E-state index in [-0.39, 0.29) is 16.5 Å². The summed E-state index contributed by atoms with van der Waals surface area (Å²) >= 11 is 0. The molecule has 0 saturated heterocycles. The number of hydrogen-bond donors (Lipinski definition) is 3. The Hall–Kier alpha value is -3.95. The van der Waals surface area contributed by atoms with Crippen LogP contribution >= 0.6 is 0 Å². The number of nitrogen functional groups attached to an aromatic ring is 1. The van der Waals surface area contributed by atoms with Gasteiger partial charge in [-0.25, -0.2) is 0 Å². The van der Waals surface area contributed by atoms with Crippen LogP contribution in [0.15, 0.2) is 94.6 Å². The van der Waals surface area contributed by atoms with Crippen molar-refractivity contribution in [3.63, 3.8) is 0 Å². The first kappa shape index (κ1) is 28.6. The van der Waals surface area contributed by atoms with Crippen LogP contribution in [0.25, 0.3) is 0 Å². The van der Waals surface area contributed by atoms with Gasteiger partial charge in [-0.15, -0.1) is 0 Å². The number of anilines is 3. The zero-order valence-electron chi connectivity index (χ0n) is 21.9. The second-order valence-corrected chi connectivity index (χ2v) is 10.1. The summed E-state index contributed by atoms with van der Waals surface area (Å²) in [5.41, 5.74) is 11.1. The third-order valence-electron chi connectivity index (χ3n) is 6.01. The van der Waals surface area contributed by atoms with E-state index in [2.05, 4.69) is 30.3 Å². The molecule has 0 unspecified atom stereocenters. The van der Waals surface area contributed by atoms with Crippen LogP contribution in [-0.2, 0) is 27.8 Å². The van der Waals surface area contributed by atoms with Gasteiger partial charge in [-0.1, -0.05) is 69.7 Å². The number of carbonyl (C=O) groups is 1. The lowest BCUT2D eigenvalue weighted by atomic mass is 10.1. The third kappa shape index (κ3) is 7.08. The molecular weight excluding hydrogens is 500 g/mol. The van der Waals surface area contributed by atoms with Gasteiger partial charge in [0.2, 0.25) is 0 Å². The van der Waals surface area contributed by atoms with Crippen molar-refractivity contribution in [2.75, 3.05) is 16.1 Å². The molecule has 3 aromatic rings. The molecule has 8 nitrogen and oxygen atoms in total. The highest BCUT2D eigenvalue weighted by molar-refractivity contribution is 7.85. The van der Waals surface area contributed by atoms with Crippen LogP contribution in [0.3, 0.4) is 0 Å². The Labute approximate surface area is 224 Å². The van der Waals surface area contributed by atoms with E-state index in [1.165, 1.54) is 28.8 Å². The molecule has 4 N–H and O–H groups in total. The lowest BCUT2D eigenvalue weighted by molar-refractivity contribution is -0.114. The maximum Gasteiger partial charge on any atom is 0.294 e. The third-order valence-corrected chi connectivity index (χ3v) is 6.86. The Morgan fingerprint density at radius 2 is 1.61 bits per heavy atom. The van der Waals surface area contributed by atoms with E-state index >= 15 is 0 Å². The average Bonchev–Trinajstić information content (AvgIpc) is 3.22. The second-order valence-electron chi connectivity index (χ2n) is 8.65. The van der Waals surface area contributed by atoms with Gasteiger partial charge in [0.1, 0.15) is 0 Å². The Morgan fingerprint density at radius 3 is 2.21 bits per heavy atom. The first-order valence-electron chi connectivity index (χ1n) is 12.6. The quantitative estimate of drug-likeness (QED) is 0.190. The minimum Gasteiger partial charge on any atom is -0.399 e. The molecule has 0 atom stereocenters. The molecule has 9 heteroatoms. The number of aryl methyl sites for hydroxylation is 2. The van der Waals surface area contributed by atoms with Gasteiger partial charge < -0.3 is 11.1 Å². The number of nitrogens with zero attached hydrogens (tertiary/aromatic N) is 2. The van der Waals surface area contributed by atoms with Crippen molar-refractivity contribution < 1.29 is 17.8 Å². The highest BCUT2D eigenvalue weighted by Crippen LogP contribution is 2.27. The van der Waals surface area contributed by atoms with Crippen molar-refractivity contribution >= 4 is 38.8 Å². The summed E-state index contributed by atoms with van der Waals surface area (Å²) in [6, 6.07) is 21.3. The van der Waals surface area contributed by atoms with Crippen LogP contribution in [0.5, 0.6) is 0 Å². The number of nitrogens with two attached hydrogens (primary N) is 1. The van der Waals surface area contributed by atoms with Crippen LogP contribution in [0.2, 0.25) is 0 Å². The summed E-state index contributed by atoms with van der Waals surface area (Å²) in [5.74, 6) is -0.359. The largest absolute Gasteiger partial charge is 0.399 e. The molecule has 1 amide bonds. The average molecular weight is 535 g/mol. The van der Waals surface area contributed by atoms with E-state index < -0.39 is 10.1 Å². The van der Waals surface area contributed by atoms with E-state index in [1.807, 2.05) is 49.4 Å². The Kier molecular flexibility index (Phi) is 9.81. The minimum atomic E-state index is -4.38. The van der Waals surface area contributed by atoms with Crippen molar-refractivity contribution in [1.82, 2.24) is 0 Å². The fourth-order valence-corrected chi connectivity index (χ4v) is 4.47. The summed E-state index contributed by atoms with van der Waals surface area (Å²) < 4.78 is 32.1. The molecular formula is C29H34N4O4S. The number of para-hydroxylation sites is 2. The normalized spacial score (nSPS) is 14.2. The maximum atomic E-state index is 13.0. The number of hydrazone groups is 1. The molecule has 0 aliphatic carbocycles. The monoisotopic (exact) mass is 534 g/mol. The van der Waals surface area contributed by atoms with Gasteiger partial charge in [-0.2, -0.15) is 18.5 Å². The first-order chi connectivity index (χ1) is 18.2. The van der Waals surface area contributed by atoms with E-state index in [1.54, 1.807) is 12.3 Å². The van der Waals surface area contributed by atoms with E-state index in [0.29, 0.717) is 17.7 Å². The van der Waals surface area contributed by atoms with Gasteiger partial charge in [0.15, 0.2) is 0 Å². The Bertz CT molecular complexity index is 1450. The van der Waals surface area contributed by atoms with Crippen molar-refractivity contribution in [3.05, 3.63) is 95.7 Å². The Morgan fingerprint density at radius 1 is 0.947 bits per heavy atom. The molecule has 0 spiro atoms. The SMILES string of the molecule is CCCC1=NN(c2cccc(S(=O)(=O)O)c2)C(=O)/C1=C/Nc1ccccc1CC.CCc1ccccc1N. The molecule has 0 aromatic heterocycles. The van der Waals surface area contributed by atoms with Gasteiger partial charge in [-0.3, -0.25) is 9.35 Å². The van der Waals surface area contributed by atoms with Gasteiger partial charge >= 0.3 is 0 Å². The molecule has 38 heavy (non-hydrogen) atoms. The maximum absolute atomic E-state index is 13.0.